The molecule has 3 fully saturated rings. The van der Waals surface area contributed by atoms with Gasteiger partial charge in [0.15, 0.2) is 5.82 Å². The van der Waals surface area contributed by atoms with Crippen molar-refractivity contribution in [2.75, 3.05) is 44.4 Å². The Morgan fingerprint density at radius 1 is 1.16 bits per heavy atom. The number of alkyl halides is 2. The van der Waals surface area contributed by atoms with Crippen LogP contribution < -0.4 is 9.64 Å². The zero-order valence-electron chi connectivity index (χ0n) is 25.2. The van der Waals surface area contributed by atoms with E-state index < -0.39 is 29.8 Å². The molecule has 3 aliphatic heterocycles. The lowest BCUT2D eigenvalue weighted by Gasteiger charge is -2.38. The summed E-state index contributed by atoms with van der Waals surface area (Å²) < 4.78 is 51.4. The van der Waals surface area contributed by atoms with Crippen LogP contribution in [0.1, 0.15) is 56.6 Å². The van der Waals surface area contributed by atoms with Crippen molar-refractivity contribution in [3.8, 4) is 17.3 Å². The molecule has 12 heteroatoms. The van der Waals surface area contributed by atoms with Gasteiger partial charge in [0.05, 0.1) is 29.2 Å². The Bertz CT molecular complexity index is 1720. The van der Waals surface area contributed by atoms with Gasteiger partial charge >= 0.3 is 6.01 Å². The van der Waals surface area contributed by atoms with Crippen LogP contribution in [0.4, 0.5) is 19.0 Å². The molecule has 3 aromatic heterocycles. The average Bonchev–Trinajstić information content (AvgIpc) is 3.71. The molecule has 2 N–H and O–H groups in total. The minimum atomic E-state index is -1.53. The Labute approximate surface area is 253 Å². The van der Waals surface area contributed by atoms with Crippen LogP contribution in [0, 0.1) is 12.7 Å². The van der Waals surface area contributed by atoms with Crippen LogP contribution in [0.3, 0.4) is 0 Å². The number of aromatic amines is 1. The summed E-state index contributed by atoms with van der Waals surface area (Å²) in [6.45, 7) is 5.04. The van der Waals surface area contributed by atoms with E-state index >= 15 is 4.39 Å². The van der Waals surface area contributed by atoms with Gasteiger partial charge in [-0.25, -0.2) is 13.2 Å². The van der Waals surface area contributed by atoms with Gasteiger partial charge in [0.2, 0.25) is 0 Å². The van der Waals surface area contributed by atoms with E-state index in [0.717, 1.165) is 54.3 Å². The maximum Gasteiger partial charge on any atom is 0.319 e. The van der Waals surface area contributed by atoms with E-state index in [2.05, 4.69) is 37.0 Å². The lowest BCUT2D eigenvalue weighted by molar-refractivity contribution is 0.00302. The molecular formula is C32H38F3N7O2. The summed E-state index contributed by atoms with van der Waals surface area (Å²) in [4.78, 5) is 17.8. The fourth-order valence-corrected chi connectivity index (χ4v) is 7.66. The molecule has 3 aliphatic rings. The Balaban J connectivity index is 1.37. The second-order valence-corrected chi connectivity index (χ2v) is 12.9. The third kappa shape index (κ3) is 4.86. The number of benzene rings is 1. The highest BCUT2D eigenvalue weighted by molar-refractivity contribution is 5.99. The third-order valence-electron chi connectivity index (χ3n) is 9.79. The monoisotopic (exact) mass is 609 g/mol. The first kappa shape index (κ1) is 29.2. The molecule has 234 valence electrons. The Hall–Kier alpha value is -3.51. The number of aryl methyl sites for hydroxylation is 1. The fourth-order valence-electron chi connectivity index (χ4n) is 7.66. The summed E-state index contributed by atoms with van der Waals surface area (Å²) in [6, 6.07) is 1.98. The summed E-state index contributed by atoms with van der Waals surface area (Å²) >= 11 is 0. The van der Waals surface area contributed by atoms with Crippen LogP contribution in [-0.2, 0) is 6.42 Å². The number of aromatic nitrogens is 5. The molecule has 0 unspecified atom stereocenters. The number of piperidine rings is 1. The maximum absolute atomic E-state index is 16.9. The maximum atomic E-state index is 16.9. The van der Waals surface area contributed by atoms with Gasteiger partial charge in [0.1, 0.15) is 42.1 Å². The molecule has 0 bridgehead atoms. The van der Waals surface area contributed by atoms with Crippen molar-refractivity contribution >= 4 is 27.6 Å². The SMILES string of the molecule is CCCc1c(C)cc2[nH]ncc2c1-c1ncc2c(N3CCC[C@](O)(CF)C3)nc(OC[C@@]34CCCN3C[C@H](F)C4)nc2c1F. The van der Waals surface area contributed by atoms with Crippen molar-refractivity contribution in [3.63, 3.8) is 0 Å². The number of hydrogen-bond donors (Lipinski definition) is 2. The van der Waals surface area contributed by atoms with E-state index in [9.17, 15) is 13.9 Å². The van der Waals surface area contributed by atoms with Gasteiger partial charge in [-0.1, -0.05) is 13.3 Å². The number of nitrogens with one attached hydrogen (secondary N) is 1. The number of pyridine rings is 1. The van der Waals surface area contributed by atoms with E-state index in [4.69, 9.17) is 4.74 Å². The molecule has 0 aliphatic carbocycles. The number of fused-ring (bicyclic) bond motifs is 3. The van der Waals surface area contributed by atoms with Gasteiger partial charge in [-0.05, 0) is 62.8 Å². The molecular weight excluding hydrogens is 571 g/mol. The first-order chi connectivity index (χ1) is 21.2. The Morgan fingerprint density at radius 3 is 2.82 bits per heavy atom. The van der Waals surface area contributed by atoms with Crippen molar-refractivity contribution in [2.24, 2.45) is 0 Å². The average molecular weight is 610 g/mol. The molecule has 0 amide bonds. The number of aliphatic hydroxyl groups is 1. The van der Waals surface area contributed by atoms with Gasteiger partial charge in [0, 0.05) is 36.7 Å². The van der Waals surface area contributed by atoms with Gasteiger partial charge < -0.3 is 14.7 Å². The number of nitrogens with zero attached hydrogens (tertiary/aromatic N) is 6. The number of halogens is 3. The summed E-state index contributed by atoms with van der Waals surface area (Å²) in [5, 5.41) is 19.2. The van der Waals surface area contributed by atoms with Crippen molar-refractivity contribution in [1.29, 1.82) is 0 Å². The molecule has 3 saturated heterocycles. The number of hydrogen-bond acceptors (Lipinski definition) is 8. The molecule has 0 saturated carbocycles. The minimum absolute atomic E-state index is 0.00611. The Kier molecular flexibility index (Phi) is 7.39. The van der Waals surface area contributed by atoms with Crippen molar-refractivity contribution in [2.45, 2.75) is 76.1 Å². The Morgan fingerprint density at radius 2 is 2.00 bits per heavy atom. The second-order valence-electron chi connectivity index (χ2n) is 12.9. The molecule has 0 radical (unpaired) electrons. The van der Waals surface area contributed by atoms with Gasteiger partial charge in [-0.15, -0.1) is 0 Å². The van der Waals surface area contributed by atoms with E-state index in [-0.39, 0.29) is 30.4 Å². The largest absolute Gasteiger partial charge is 0.461 e. The number of rotatable bonds is 8. The van der Waals surface area contributed by atoms with Crippen LogP contribution >= 0.6 is 0 Å². The highest BCUT2D eigenvalue weighted by Gasteiger charge is 2.49. The van der Waals surface area contributed by atoms with E-state index in [1.54, 1.807) is 17.3 Å². The molecule has 1 aromatic carbocycles. The van der Waals surface area contributed by atoms with E-state index in [1.165, 1.54) is 0 Å². The molecule has 3 atom stereocenters. The third-order valence-corrected chi connectivity index (χ3v) is 9.79. The van der Waals surface area contributed by atoms with Crippen molar-refractivity contribution < 1.29 is 23.0 Å². The smallest absolute Gasteiger partial charge is 0.319 e. The first-order valence-electron chi connectivity index (χ1n) is 15.6. The van der Waals surface area contributed by atoms with E-state index in [0.29, 0.717) is 49.1 Å². The molecule has 0 spiro atoms. The predicted octanol–water partition coefficient (Wildman–Crippen LogP) is 5.22. The minimum Gasteiger partial charge on any atom is -0.461 e. The predicted molar refractivity (Wildman–Crippen MR) is 162 cm³/mol. The number of ether oxygens (including phenoxy) is 1. The zero-order valence-corrected chi connectivity index (χ0v) is 25.2. The second kappa shape index (κ2) is 11.1. The molecule has 6 heterocycles. The van der Waals surface area contributed by atoms with Crippen LogP contribution in [0.5, 0.6) is 6.01 Å². The zero-order chi connectivity index (χ0) is 30.6. The normalized spacial score (nSPS) is 25.8. The van der Waals surface area contributed by atoms with Crippen LogP contribution in [0.15, 0.2) is 18.5 Å². The van der Waals surface area contributed by atoms with Gasteiger partial charge in [-0.2, -0.15) is 15.1 Å². The van der Waals surface area contributed by atoms with Crippen molar-refractivity contribution in [1.82, 2.24) is 30.0 Å². The molecule has 9 nitrogen and oxygen atoms in total. The number of anilines is 1. The fraction of sp³-hybridized carbons (Fsp3) is 0.562. The quantitative estimate of drug-likeness (QED) is 0.280. The van der Waals surface area contributed by atoms with Crippen LogP contribution in [0.25, 0.3) is 33.1 Å². The lowest BCUT2D eigenvalue weighted by Crippen LogP contribution is -2.50. The summed E-state index contributed by atoms with van der Waals surface area (Å²) in [5.74, 6) is -0.291. The van der Waals surface area contributed by atoms with Crippen molar-refractivity contribution in [3.05, 3.63) is 35.4 Å². The van der Waals surface area contributed by atoms with E-state index in [1.807, 2.05) is 13.0 Å². The van der Waals surface area contributed by atoms with Crippen LogP contribution in [0.2, 0.25) is 0 Å². The lowest BCUT2D eigenvalue weighted by atomic mass is 9.92. The summed E-state index contributed by atoms with van der Waals surface area (Å²) in [7, 11) is 0. The standard InChI is InChI=1S/C32H38F3N7O2/c1-3-6-21-19(2)11-24-22(14-37-40-24)25(21)28-26(35)27-23(13-36-28)29(41-9-5-8-32(43,16-33)17-41)39-30(38-27)44-18-31-7-4-10-42(31)15-20(34)12-31/h11,13-14,20,43H,3-10,12,15-18H2,1-2H3,(H,37,40)/t20-,31+,32+/m1/s1. The topological polar surface area (TPSA) is 103 Å². The first-order valence-corrected chi connectivity index (χ1v) is 15.6. The molecule has 44 heavy (non-hydrogen) atoms. The summed E-state index contributed by atoms with van der Waals surface area (Å²) in [5.41, 5.74) is 1.66. The summed E-state index contributed by atoms with van der Waals surface area (Å²) in [6.07, 6.45) is 6.91. The van der Waals surface area contributed by atoms with Gasteiger partial charge in [-0.3, -0.25) is 15.0 Å². The highest BCUT2D eigenvalue weighted by atomic mass is 19.1. The van der Waals surface area contributed by atoms with Crippen LogP contribution in [-0.4, -0.2) is 91.9 Å². The molecule has 4 aromatic rings. The number of H-pyrrole nitrogens is 1. The highest BCUT2D eigenvalue weighted by Crippen LogP contribution is 2.42. The number of β-amino-alcohol motifs (C(OH)–C–C–N with tert-alkyl or cyclic N) is 1. The van der Waals surface area contributed by atoms with Gasteiger partial charge in [0.25, 0.3) is 0 Å². The molecule has 7 rings (SSSR count).